The molecule has 0 aromatic heterocycles. The van der Waals surface area contributed by atoms with E-state index >= 15 is 0 Å². The molecule has 0 aliphatic heterocycles. The van der Waals surface area contributed by atoms with Crippen LogP contribution in [0, 0.1) is 0 Å². The molecule has 19 heavy (non-hydrogen) atoms. The highest BCUT2D eigenvalue weighted by atomic mass is 16.2. The Balaban J connectivity index is 2.08. The number of amides is 2. The predicted molar refractivity (Wildman–Crippen MR) is 74.2 cm³/mol. The lowest BCUT2D eigenvalue weighted by Crippen LogP contribution is -2.17. The van der Waals surface area contributed by atoms with E-state index in [-0.39, 0.29) is 11.8 Å². The molecular weight excluding hydrogens is 240 g/mol. The molecule has 2 aromatic carbocycles. The third kappa shape index (κ3) is 3.19. The molecule has 0 spiro atoms. The van der Waals surface area contributed by atoms with Crippen molar-refractivity contribution in [2.24, 2.45) is 0 Å². The summed E-state index contributed by atoms with van der Waals surface area (Å²) in [5, 5.41) is 5.31. The zero-order chi connectivity index (χ0) is 13.7. The summed E-state index contributed by atoms with van der Waals surface area (Å²) in [7, 11) is 1.58. The van der Waals surface area contributed by atoms with Crippen molar-refractivity contribution in [2.45, 2.75) is 0 Å². The van der Waals surface area contributed by atoms with E-state index in [2.05, 4.69) is 10.6 Å². The van der Waals surface area contributed by atoms with Crippen LogP contribution in [0.15, 0.2) is 54.6 Å². The Morgan fingerprint density at radius 2 is 1.37 bits per heavy atom. The Morgan fingerprint density at radius 3 is 1.95 bits per heavy atom. The summed E-state index contributed by atoms with van der Waals surface area (Å²) in [6.45, 7) is 0. The van der Waals surface area contributed by atoms with E-state index in [0.29, 0.717) is 16.8 Å². The van der Waals surface area contributed by atoms with Crippen LogP contribution in [0.2, 0.25) is 0 Å². The molecule has 0 atom stereocenters. The summed E-state index contributed by atoms with van der Waals surface area (Å²) in [5.74, 6) is -0.325. The first-order valence-corrected chi connectivity index (χ1v) is 5.89. The van der Waals surface area contributed by atoms with Crippen LogP contribution in [0.4, 0.5) is 5.69 Å². The van der Waals surface area contributed by atoms with Crippen LogP contribution < -0.4 is 10.6 Å². The highest BCUT2D eigenvalue weighted by Crippen LogP contribution is 2.11. The van der Waals surface area contributed by atoms with E-state index < -0.39 is 0 Å². The quantitative estimate of drug-likeness (QED) is 0.883. The molecular formula is C15H14N2O2. The molecule has 0 heterocycles. The number of anilines is 1. The molecule has 0 saturated carbocycles. The minimum absolute atomic E-state index is 0.152. The van der Waals surface area contributed by atoms with Crippen molar-refractivity contribution >= 4 is 17.5 Å². The van der Waals surface area contributed by atoms with Crippen molar-refractivity contribution in [1.29, 1.82) is 0 Å². The molecule has 2 rings (SSSR count). The summed E-state index contributed by atoms with van der Waals surface area (Å²) >= 11 is 0. The molecule has 2 N–H and O–H groups in total. The summed E-state index contributed by atoms with van der Waals surface area (Å²) < 4.78 is 0. The van der Waals surface area contributed by atoms with Crippen molar-refractivity contribution in [1.82, 2.24) is 5.32 Å². The maximum absolute atomic E-state index is 11.9. The van der Waals surface area contributed by atoms with Crippen molar-refractivity contribution in [3.05, 3.63) is 65.7 Å². The van der Waals surface area contributed by atoms with Crippen molar-refractivity contribution < 1.29 is 9.59 Å². The minimum Gasteiger partial charge on any atom is -0.355 e. The van der Waals surface area contributed by atoms with Gasteiger partial charge in [0.2, 0.25) is 0 Å². The standard InChI is InChI=1S/C15H14N2O2/c1-16-14(18)12-7-9-13(10-8-12)17-15(19)11-5-3-2-4-6-11/h2-10H,1H3,(H,16,18)(H,17,19). The van der Waals surface area contributed by atoms with Crippen molar-refractivity contribution in [3.63, 3.8) is 0 Å². The van der Waals surface area contributed by atoms with Crippen molar-refractivity contribution in [2.75, 3.05) is 12.4 Å². The summed E-state index contributed by atoms with van der Waals surface area (Å²) in [6, 6.07) is 15.7. The number of benzene rings is 2. The van der Waals surface area contributed by atoms with Gasteiger partial charge in [0.25, 0.3) is 11.8 Å². The topological polar surface area (TPSA) is 58.2 Å². The van der Waals surface area contributed by atoms with Crippen LogP contribution >= 0.6 is 0 Å². The molecule has 0 unspecified atom stereocenters. The Bertz CT molecular complexity index is 577. The molecule has 0 aliphatic carbocycles. The number of rotatable bonds is 3. The van der Waals surface area contributed by atoms with E-state index in [4.69, 9.17) is 0 Å². The summed E-state index contributed by atoms with van der Waals surface area (Å²) in [5.41, 5.74) is 1.81. The molecule has 96 valence electrons. The van der Waals surface area contributed by atoms with Gasteiger partial charge in [0.05, 0.1) is 0 Å². The second kappa shape index (κ2) is 5.82. The van der Waals surface area contributed by atoms with Crippen molar-refractivity contribution in [3.8, 4) is 0 Å². The lowest BCUT2D eigenvalue weighted by Gasteiger charge is -2.06. The summed E-state index contributed by atoms with van der Waals surface area (Å²) in [4.78, 5) is 23.3. The van der Waals surface area contributed by atoms with Crippen LogP contribution in [0.3, 0.4) is 0 Å². The fourth-order valence-corrected chi connectivity index (χ4v) is 1.64. The predicted octanol–water partition coefficient (Wildman–Crippen LogP) is 2.30. The van der Waals surface area contributed by atoms with Gasteiger partial charge in [-0.25, -0.2) is 0 Å². The van der Waals surface area contributed by atoms with Crippen LogP contribution in [0.1, 0.15) is 20.7 Å². The van der Waals surface area contributed by atoms with Crippen LogP contribution in [0.25, 0.3) is 0 Å². The highest BCUT2D eigenvalue weighted by molar-refractivity contribution is 6.04. The van der Waals surface area contributed by atoms with Gasteiger partial charge in [-0.1, -0.05) is 18.2 Å². The smallest absolute Gasteiger partial charge is 0.255 e. The van der Waals surface area contributed by atoms with Gasteiger partial charge in [0, 0.05) is 23.9 Å². The normalized spacial score (nSPS) is 9.74. The van der Waals surface area contributed by atoms with Gasteiger partial charge >= 0.3 is 0 Å². The lowest BCUT2D eigenvalue weighted by atomic mass is 10.1. The molecule has 2 amide bonds. The van der Waals surface area contributed by atoms with E-state index in [1.807, 2.05) is 18.2 Å². The molecule has 4 heteroatoms. The fraction of sp³-hybridized carbons (Fsp3) is 0.0667. The number of hydrogen-bond donors (Lipinski definition) is 2. The Hall–Kier alpha value is -2.62. The van der Waals surface area contributed by atoms with E-state index in [9.17, 15) is 9.59 Å². The van der Waals surface area contributed by atoms with Crippen LogP contribution in [-0.2, 0) is 0 Å². The fourth-order valence-electron chi connectivity index (χ4n) is 1.64. The SMILES string of the molecule is CNC(=O)c1ccc(NC(=O)c2ccccc2)cc1. The number of hydrogen-bond acceptors (Lipinski definition) is 2. The van der Waals surface area contributed by atoms with Gasteiger partial charge in [0.1, 0.15) is 0 Å². The van der Waals surface area contributed by atoms with Gasteiger partial charge in [-0.2, -0.15) is 0 Å². The van der Waals surface area contributed by atoms with Gasteiger partial charge in [-0.15, -0.1) is 0 Å². The molecule has 2 aromatic rings. The first-order chi connectivity index (χ1) is 9.20. The Morgan fingerprint density at radius 1 is 0.789 bits per heavy atom. The zero-order valence-corrected chi connectivity index (χ0v) is 10.5. The minimum atomic E-state index is -0.173. The third-order valence-corrected chi connectivity index (χ3v) is 2.67. The number of nitrogens with one attached hydrogen (secondary N) is 2. The third-order valence-electron chi connectivity index (χ3n) is 2.67. The van der Waals surface area contributed by atoms with Gasteiger partial charge in [0.15, 0.2) is 0 Å². The molecule has 0 fully saturated rings. The molecule has 0 aliphatic rings. The zero-order valence-electron chi connectivity index (χ0n) is 10.5. The molecule has 0 radical (unpaired) electrons. The summed E-state index contributed by atoms with van der Waals surface area (Å²) in [6.07, 6.45) is 0. The number of carbonyl (C=O) groups excluding carboxylic acids is 2. The maximum Gasteiger partial charge on any atom is 0.255 e. The first-order valence-electron chi connectivity index (χ1n) is 5.89. The van der Waals surface area contributed by atoms with E-state index in [1.165, 1.54) is 0 Å². The van der Waals surface area contributed by atoms with Crippen LogP contribution in [-0.4, -0.2) is 18.9 Å². The van der Waals surface area contributed by atoms with Gasteiger partial charge < -0.3 is 10.6 Å². The first kappa shape index (κ1) is 12.8. The van der Waals surface area contributed by atoms with E-state index in [0.717, 1.165) is 0 Å². The van der Waals surface area contributed by atoms with Gasteiger partial charge in [-0.05, 0) is 36.4 Å². The average Bonchev–Trinajstić information content (AvgIpc) is 2.48. The second-order valence-corrected chi connectivity index (χ2v) is 3.98. The van der Waals surface area contributed by atoms with E-state index in [1.54, 1.807) is 43.4 Å². The second-order valence-electron chi connectivity index (χ2n) is 3.98. The number of carbonyl (C=O) groups is 2. The molecule has 0 bridgehead atoms. The Labute approximate surface area is 111 Å². The Kier molecular flexibility index (Phi) is 3.93. The largest absolute Gasteiger partial charge is 0.355 e. The average molecular weight is 254 g/mol. The van der Waals surface area contributed by atoms with Crippen LogP contribution in [0.5, 0.6) is 0 Å². The molecule has 4 nitrogen and oxygen atoms in total. The monoisotopic (exact) mass is 254 g/mol. The molecule has 0 saturated heterocycles. The lowest BCUT2D eigenvalue weighted by molar-refractivity contribution is 0.0962. The van der Waals surface area contributed by atoms with Gasteiger partial charge in [-0.3, -0.25) is 9.59 Å². The highest BCUT2D eigenvalue weighted by Gasteiger charge is 2.06. The maximum atomic E-state index is 11.9.